The summed E-state index contributed by atoms with van der Waals surface area (Å²) < 4.78 is 53.3. The number of aryl methyl sites for hydroxylation is 2. The van der Waals surface area contributed by atoms with E-state index in [0.29, 0.717) is 16.7 Å². The minimum Gasteiger partial charge on any atom is -0.512 e. The molecule has 3 heterocycles. The fourth-order valence-corrected chi connectivity index (χ4v) is 9.05. The largest absolute Gasteiger partial charge is 0.512 e. The molecule has 3 aromatic heterocycles. The Morgan fingerprint density at radius 3 is 2.07 bits per heavy atom. The Labute approximate surface area is 356 Å². The van der Waals surface area contributed by atoms with E-state index in [1.165, 1.54) is 6.08 Å². The standard InChI is InChI=1S/C36H25F3NOS.C13H24O2.Ir/c1-20-17-21(2)22(3)29(18-20)33-35-28(15-16-40(33)4)27-14-13-26(32(34(27)42-35)36(37,38)39)23-9-11-24(12-10-23)31-19-25-7-5-6-8-30(25)41-31;1-5-10(6-2)12(14)9-13(15)11(7-3)8-4;/h5-19H,3-4H2,1-2H3;9-11,14H,5-8H2,1-4H3;/q-1;;/b;12-9-;. The zero-order valence-electron chi connectivity index (χ0n) is 33.7. The molecule has 7 rings (SSSR count). The van der Waals surface area contributed by atoms with E-state index in [0.717, 1.165) is 91.6 Å². The van der Waals surface area contributed by atoms with Crippen molar-refractivity contribution in [2.24, 2.45) is 11.8 Å². The Hall–Kier alpha value is -4.82. The van der Waals surface area contributed by atoms with Crippen LogP contribution in [0.3, 0.4) is 0 Å². The molecule has 1 N–H and O–H groups in total. The van der Waals surface area contributed by atoms with Crippen LogP contribution in [0.25, 0.3) is 64.8 Å². The predicted octanol–water partition coefficient (Wildman–Crippen LogP) is 14.4. The number of pyridine rings is 1. The van der Waals surface area contributed by atoms with Crippen molar-refractivity contribution in [3.05, 3.63) is 139 Å². The Morgan fingerprint density at radius 2 is 1.45 bits per heavy atom. The summed E-state index contributed by atoms with van der Waals surface area (Å²) in [5.41, 5.74) is 6.11. The topological polar surface area (TPSA) is 54.3 Å². The molecular weight excluding hydrogens is 932 g/mol. The molecule has 0 atom stereocenters. The molecule has 0 spiro atoms. The quantitative estimate of drug-likeness (QED) is 0.0643. The second kappa shape index (κ2) is 18.4. The van der Waals surface area contributed by atoms with Gasteiger partial charge in [0.15, 0.2) is 5.78 Å². The van der Waals surface area contributed by atoms with Crippen molar-refractivity contribution >= 4 is 48.3 Å². The van der Waals surface area contributed by atoms with Crippen molar-refractivity contribution in [1.82, 2.24) is 0 Å². The molecule has 0 aliphatic rings. The summed E-state index contributed by atoms with van der Waals surface area (Å²) in [5.74, 6) is 1.22. The molecule has 4 aromatic carbocycles. The van der Waals surface area contributed by atoms with E-state index in [2.05, 4.69) is 20.0 Å². The van der Waals surface area contributed by atoms with Crippen LogP contribution in [0.15, 0.2) is 107 Å². The van der Waals surface area contributed by atoms with Gasteiger partial charge in [-0.3, -0.25) is 4.79 Å². The number of hydrogen-bond acceptors (Lipinski definition) is 4. The summed E-state index contributed by atoms with van der Waals surface area (Å²) in [6.45, 7) is 16.3. The van der Waals surface area contributed by atoms with Gasteiger partial charge in [-0.05, 0) is 72.7 Å². The number of halogens is 3. The molecule has 305 valence electrons. The number of ketones is 1. The van der Waals surface area contributed by atoms with E-state index in [4.69, 9.17) is 4.42 Å². The first-order valence-corrected chi connectivity index (χ1v) is 20.3. The number of allylic oxidation sites excluding steroid dienone is 2. The van der Waals surface area contributed by atoms with E-state index < -0.39 is 11.7 Å². The maximum Gasteiger partial charge on any atom is 0.418 e. The van der Waals surface area contributed by atoms with Crippen molar-refractivity contribution in [3.63, 3.8) is 0 Å². The van der Waals surface area contributed by atoms with Gasteiger partial charge in [-0.1, -0.05) is 94.8 Å². The summed E-state index contributed by atoms with van der Waals surface area (Å²) in [5, 5.41) is 12.1. The summed E-state index contributed by atoms with van der Waals surface area (Å²) in [6, 6.07) is 26.0. The minimum atomic E-state index is -4.56. The van der Waals surface area contributed by atoms with Gasteiger partial charge in [0.25, 0.3) is 0 Å². The molecule has 4 nitrogen and oxygen atoms in total. The van der Waals surface area contributed by atoms with Crippen LogP contribution in [0.1, 0.15) is 75.6 Å². The summed E-state index contributed by atoms with van der Waals surface area (Å²) in [6.07, 6.45) is 2.15. The third kappa shape index (κ3) is 8.92. The van der Waals surface area contributed by atoms with E-state index in [1.54, 1.807) is 35.0 Å². The number of aliphatic hydroxyl groups excluding tert-OH is 1. The molecular formula is C49H49F3IrNO3S-. The van der Waals surface area contributed by atoms with Crippen molar-refractivity contribution in [3.8, 4) is 33.7 Å². The number of fused-ring (bicyclic) bond motifs is 4. The number of alkyl halides is 3. The van der Waals surface area contributed by atoms with Gasteiger partial charge in [0.05, 0.1) is 23.2 Å². The van der Waals surface area contributed by atoms with Crippen molar-refractivity contribution in [2.45, 2.75) is 73.4 Å². The summed E-state index contributed by atoms with van der Waals surface area (Å²) in [7, 11) is 4.17. The fraction of sp³-hybridized carbons (Fsp3) is 0.265. The van der Waals surface area contributed by atoms with Crippen LogP contribution in [0.5, 0.6) is 0 Å². The first-order chi connectivity index (χ1) is 27.2. The van der Waals surface area contributed by atoms with Gasteiger partial charge in [-0.25, -0.2) is 0 Å². The summed E-state index contributed by atoms with van der Waals surface area (Å²) in [4.78, 5) is 11.7. The van der Waals surface area contributed by atoms with Crippen molar-refractivity contribution in [1.29, 1.82) is 0 Å². The van der Waals surface area contributed by atoms with E-state index in [-0.39, 0.29) is 53.7 Å². The molecule has 58 heavy (non-hydrogen) atoms. The number of furan rings is 1. The number of aliphatic hydroxyl groups is 1. The Balaban J connectivity index is 0.000000344. The fourth-order valence-electron chi connectivity index (χ4n) is 7.62. The Morgan fingerprint density at radius 1 is 0.828 bits per heavy atom. The predicted molar refractivity (Wildman–Crippen MR) is 229 cm³/mol. The number of carbonyl (C=O) groups is 1. The van der Waals surface area contributed by atoms with Gasteiger partial charge in [0, 0.05) is 65.4 Å². The van der Waals surface area contributed by atoms with Gasteiger partial charge in [-0.2, -0.15) is 31.2 Å². The van der Waals surface area contributed by atoms with Crippen LogP contribution in [-0.2, 0) is 31.1 Å². The number of thiophene rings is 1. The normalized spacial score (nSPS) is 12.0. The molecule has 1 radical (unpaired) electrons. The maximum atomic E-state index is 14.9. The van der Waals surface area contributed by atoms with Crippen molar-refractivity contribution < 1.29 is 52.2 Å². The van der Waals surface area contributed by atoms with Crippen molar-refractivity contribution in [2.75, 3.05) is 0 Å². The van der Waals surface area contributed by atoms with E-state index >= 15 is 0 Å². The molecule has 0 bridgehead atoms. The molecule has 9 heteroatoms. The molecule has 0 saturated heterocycles. The minimum absolute atomic E-state index is 0. The van der Waals surface area contributed by atoms with E-state index in [1.807, 2.05) is 96.1 Å². The molecule has 0 fully saturated rings. The number of para-hydroxylation sites is 1. The Bertz CT molecular complexity index is 2560. The number of benzene rings is 4. The SMILES string of the molecule is CCC(CC)C(=O)/C=C(\O)C(CC)CC.[CH2-]c1c(C)cc(C)cc1-c1c2sc3c(C(F)(F)F)c(-c4ccc(-c5cc6ccccc6o5)cc4)ccc3c2cc[n+]1[CH2-].[Ir]. The van der Waals surface area contributed by atoms with Crippen LogP contribution in [-0.4, -0.2) is 10.9 Å². The second-order valence-corrected chi connectivity index (χ2v) is 15.7. The zero-order valence-corrected chi connectivity index (χ0v) is 36.9. The first-order valence-electron chi connectivity index (χ1n) is 19.5. The van der Waals surface area contributed by atoms with Crippen LogP contribution in [0.4, 0.5) is 13.2 Å². The van der Waals surface area contributed by atoms with Gasteiger partial charge in [-0.15, -0.1) is 29.0 Å². The van der Waals surface area contributed by atoms with Crippen LogP contribution < -0.4 is 4.57 Å². The molecule has 0 aliphatic heterocycles. The number of rotatable bonds is 10. The first kappa shape index (κ1) is 44.3. The summed E-state index contributed by atoms with van der Waals surface area (Å²) >= 11 is 1.16. The van der Waals surface area contributed by atoms with Gasteiger partial charge < -0.3 is 14.1 Å². The third-order valence-electron chi connectivity index (χ3n) is 11.0. The number of aromatic nitrogens is 1. The van der Waals surface area contributed by atoms with Gasteiger partial charge in [0.2, 0.25) is 0 Å². The second-order valence-electron chi connectivity index (χ2n) is 14.7. The molecule has 0 unspecified atom stereocenters. The van der Waals surface area contributed by atoms with Gasteiger partial charge >= 0.3 is 6.18 Å². The molecule has 7 aromatic rings. The maximum absolute atomic E-state index is 14.9. The average Bonchev–Trinajstić information content (AvgIpc) is 3.79. The monoisotopic (exact) mass is 981 g/mol. The Kier molecular flexibility index (Phi) is 14.1. The third-order valence-corrected chi connectivity index (χ3v) is 12.2. The van der Waals surface area contributed by atoms with Crippen LogP contribution >= 0.6 is 11.3 Å². The van der Waals surface area contributed by atoms with Crippen LogP contribution in [0, 0.1) is 39.7 Å². The van der Waals surface area contributed by atoms with Crippen LogP contribution in [0.2, 0.25) is 0 Å². The average molecular weight is 981 g/mol. The number of hydrogen-bond donors (Lipinski definition) is 1. The zero-order chi connectivity index (χ0) is 41.2. The van der Waals surface area contributed by atoms with Gasteiger partial charge in [0.1, 0.15) is 11.3 Å². The number of nitrogens with zero attached hydrogens (tertiary/aromatic N) is 1. The number of carbonyl (C=O) groups excluding carboxylic acids is 1. The van der Waals surface area contributed by atoms with E-state index in [9.17, 15) is 23.1 Å². The smallest absolute Gasteiger partial charge is 0.418 e. The molecule has 0 aliphatic carbocycles. The molecule has 0 saturated carbocycles. The molecule has 0 amide bonds.